The quantitative estimate of drug-likeness (QED) is 0.428. The van der Waals surface area contributed by atoms with Crippen LogP contribution in [0.2, 0.25) is 0 Å². The lowest BCUT2D eigenvalue weighted by Crippen LogP contribution is -2.08. The molecular weight excluding hydrogens is 280 g/mol. The van der Waals surface area contributed by atoms with E-state index in [0.29, 0.717) is 18.8 Å². The van der Waals surface area contributed by atoms with E-state index in [-0.39, 0.29) is 12.3 Å². The first kappa shape index (κ1) is 18.1. The van der Waals surface area contributed by atoms with E-state index in [1.807, 2.05) is 50.3 Å². The van der Waals surface area contributed by atoms with E-state index in [1.165, 1.54) is 7.11 Å². The molecule has 4 heteroatoms. The Morgan fingerprint density at radius 1 is 1.00 bits per heavy atom. The number of hydrogen-bond acceptors (Lipinski definition) is 4. The molecule has 0 saturated carbocycles. The maximum atomic E-state index is 11.2. The van der Waals surface area contributed by atoms with E-state index in [1.54, 1.807) is 13.0 Å². The van der Waals surface area contributed by atoms with Crippen LogP contribution in [0.3, 0.4) is 0 Å². The highest BCUT2D eigenvalue weighted by Crippen LogP contribution is 2.13. The zero-order valence-electron chi connectivity index (χ0n) is 13.7. The van der Waals surface area contributed by atoms with Gasteiger partial charge in [-0.25, -0.2) is 4.79 Å². The SMILES string of the molecule is COC(=O)/C(C)=C/C=C/C(C)=C/C=C/C=C(/C)C1OCCO1. The van der Waals surface area contributed by atoms with Crippen molar-refractivity contribution in [2.24, 2.45) is 0 Å². The Labute approximate surface area is 132 Å². The molecule has 0 atom stereocenters. The van der Waals surface area contributed by atoms with Gasteiger partial charge in [-0.1, -0.05) is 48.1 Å². The molecule has 0 aliphatic carbocycles. The summed E-state index contributed by atoms with van der Waals surface area (Å²) in [5.74, 6) is -0.317. The molecule has 0 amide bonds. The normalized spacial score (nSPS) is 18.6. The van der Waals surface area contributed by atoms with Crippen molar-refractivity contribution < 1.29 is 19.0 Å². The average molecular weight is 304 g/mol. The maximum Gasteiger partial charge on any atom is 0.333 e. The van der Waals surface area contributed by atoms with Crippen LogP contribution in [0.4, 0.5) is 0 Å². The highest BCUT2D eigenvalue weighted by molar-refractivity contribution is 5.87. The Morgan fingerprint density at radius 3 is 2.27 bits per heavy atom. The lowest BCUT2D eigenvalue weighted by Gasteiger charge is -2.07. The summed E-state index contributed by atoms with van der Waals surface area (Å²) in [5.41, 5.74) is 2.69. The van der Waals surface area contributed by atoms with Crippen molar-refractivity contribution in [2.45, 2.75) is 27.1 Å². The molecule has 0 aromatic rings. The molecular formula is C18H24O4. The first-order chi connectivity index (χ1) is 10.5. The number of hydrogen-bond donors (Lipinski definition) is 0. The summed E-state index contributed by atoms with van der Waals surface area (Å²) in [6.07, 6.45) is 13.1. The van der Waals surface area contributed by atoms with E-state index in [2.05, 4.69) is 4.74 Å². The van der Waals surface area contributed by atoms with Crippen LogP contribution in [0, 0.1) is 0 Å². The molecule has 1 fully saturated rings. The van der Waals surface area contributed by atoms with Gasteiger partial charge in [0.25, 0.3) is 0 Å². The van der Waals surface area contributed by atoms with Crippen LogP contribution in [-0.2, 0) is 19.0 Å². The summed E-state index contributed by atoms with van der Waals surface area (Å²) in [7, 11) is 1.37. The van der Waals surface area contributed by atoms with Crippen molar-refractivity contribution in [1.82, 2.24) is 0 Å². The van der Waals surface area contributed by atoms with Gasteiger partial charge in [0.2, 0.25) is 0 Å². The van der Waals surface area contributed by atoms with Crippen LogP contribution in [0.1, 0.15) is 20.8 Å². The van der Waals surface area contributed by atoms with Crippen LogP contribution >= 0.6 is 0 Å². The number of ether oxygens (including phenoxy) is 3. The molecule has 0 aromatic heterocycles. The predicted molar refractivity (Wildman–Crippen MR) is 87.3 cm³/mol. The third kappa shape index (κ3) is 6.70. The minimum Gasteiger partial charge on any atom is -0.466 e. The van der Waals surface area contributed by atoms with E-state index < -0.39 is 0 Å². The van der Waals surface area contributed by atoms with Gasteiger partial charge in [0.1, 0.15) is 0 Å². The molecule has 0 aromatic carbocycles. The maximum absolute atomic E-state index is 11.2. The van der Waals surface area contributed by atoms with Crippen LogP contribution in [0.15, 0.2) is 59.3 Å². The van der Waals surface area contributed by atoms with Crippen molar-refractivity contribution in [3.05, 3.63) is 59.3 Å². The number of esters is 1. The number of carbonyl (C=O) groups excluding carboxylic acids is 1. The Bertz CT molecular complexity index is 515. The monoisotopic (exact) mass is 304 g/mol. The Kier molecular flexibility index (Phi) is 8.18. The molecule has 1 saturated heterocycles. The molecule has 0 radical (unpaired) electrons. The summed E-state index contributed by atoms with van der Waals surface area (Å²) >= 11 is 0. The van der Waals surface area contributed by atoms with Crippen LogP contribution in [0.5, 0.6) is 0 Å². The first-order valence-corrected chi connectivity index (χ1v) is 7.23. The van der Waals surface area contributed by atoms with Gasteiger partial charge >= 0.3 is 5.97 Å². The second-order valence-electron chi connectivity index (χ2n) is 4.98. The largest absolute Gasteiger partial charge is 0.466 e. The van der Waals surface area contributed by atoms with Crippen molar-refractivity contribution in [1.29, 1.82) is 0 Å². The summed E-state index contributed by atoms with van der Waals surface area (Å²) < 4.78 is 15.4. The second-order valence-corrected chi connectivity index (χ2v) is 4.98. The van der Waals surface area contributed by atoms with Crippen LogP contribution in [-0.4, -0.2) is 32.6 Å². The molecule has 0 N–H and O–H groups in total. The molecule has 1 heterocycles. The molecule has 22 heavy (non-hydrogen) atoms. The highest BCUT2D eigenvalue weighted by atomic mass is 16.7. The average Bonchev–Trinajstić information content (AvgIpc) is 3.04. The summed E-state index contributed by atoms with van der Waals surface area (Å²) in [6, 6.07) is 0. The van der Waals surface area contributed by atoms with E-state index >= 15 is 0 Å². The van der Waals surface area contributed by atoms with Crippen molar-refractivity contribution in [3.8, 4) is 0 Å². The van der Waals surface area contributed by atoms with Gasteiger partial charge < -0.3 is 14.2 Å². The highest BCUT2D eigenvalue weighted by Gasteiger charge is 2.16. The number of methoxy groups -OCH3 is 1. The first-order valence-electron chi connectivity index (χ1n) is 7.23. The van der Waals surface area contributed by atoms with Crippen molar-refractivity contribution >= 4 is 5.97 Å². The molecule has 1 aliphatic heterocycles. The van der Waals surface area contributed by atoms with Crippen LogP contribution in [0.25, 0.3) is 0 Å². The molecule has 0 unspecified atom stereocenters. The van der Waals surface area contributed by atoms with Crippen molar-refractivity contribution in [3.63, 3.8) is 0 Å². The number of rotatable bonds is 6. The lowest BCUT2D eigenvalue weighted by molar-refractivity contribution is -0.136. The molecule has 1 aliphatic rings. The summed E-state index contributed by atoms with van der Waals surface area (Å²) in [4.78, 5) is 11.2. The fourth-order valence-electron chi connectivity index (χ4n) is 1.74. The molecule has 0 bridgehead atoms. The molecule has 1 rings (SSSR count). The topological polar surface area (TPSA) is 44.8 Å². The standard InChI is InChI=1S/C18H24O4/c1-14(9-7-11-15(2)17(19)20-4)8-5-6-10-16(3)18-21-12-13-22-18/h5-11,18H,12-13H2,1-4H3/b6-5+,9-7+,14-8+,15-11+,16-10-. The van der Waals surface area contributed by atoms with Gasteiger partial charge in [0, 0.05) is 5.57 Å². The van der Waals surface area contributed by atoms with Gasteiger partial charge in [-0.2, -0.15) is 0 Å². The minimum absolute atomic E-state index is 0.207. The van der Waals surface area contributed by atoms with Gasteiger partial charge in [-0.3, -0.25) is 0 Å². The third-order valence-electron chi connectivity index (χ3n) is 3.04. The Morgan fingerprint density at radius 2 is 1.64 bits per heavy atom. The molecule has 0 spiro atoms. The van der Waals surface area contributed by atoms with Gasteiger partial charge in [0.05, 0.1) is 20.3 Å². The fraction of sp³-hybridized carbons (Fsp3) is 0.389. The van der Waals surface area contributed by atoms with E-state index in [0.717, 1.165) is 11.1 Å². The van der Waals surface area contributed by atoms with Crippen LogP contribution < -0.4 is 0 Å². The number of allylic oxidation sites excluding steroid dienone is 8. The fourth-order valence-corrected chi connectivity index (χ4v) is 1.74. The molecule has 120 valence electrons. The lowest BCUT2D eigenvalue weighted by atomic mass is 10.2. The predicted octanol–water partition coefficient (Wildman–Crippen LogP) is 3.48. The smallest absolute Gasteiger partial charge is 0.333 e. The van der Waals surface area contributed by atoms with Gasteiger partial charge in [-0.05, 0) is 26.3 Å². The number of carbonyl (C=O) groups is 1. The summed E-state index contributed by atoms with van der Waals surface area (Å²) in [6.45, 7) is 7.00. The minimum atomic E-state index is -0.317. The second kappa shape index (κ2) is 9.92. The van der Waals surface area contributed by atoms with Gasteiger partial charge in [-0.15, -0.1) is 0 Å². The molecule has 4 nitrogen and oxygen atoms in total. The zero-order chi connectivity index (χ0) is 16.4. The Hall–Kier alpha value is -1.91. The van der Waals surface area contributed by atoms with E-state index in [9.17, 15) is 4.79 Å². The Balaban J connectivity index is 2.49. The zero-order valence-corrected chi connectivity index (χ0v) is 13.7. The van der Waals surface area contributed by atoms with Crippen molar-refractivity contribution in [2.75, 3.05) is 20.3 Å². The third-order valence-corrected chi connectivity index (χ3v) is 3.04. The van der Waals surface area contributed by atoms with E-state index in [4.69, 9.17) is 9.47 Å². The van der Waals surface area contributed by atoms with Gasteiger partial charge in [0.15, 0.2) is 6.29 Å². The summed E-state index contributed by atoms with van der Waals surface area (Å²) in [5, 5.41) is 0.